The first-order chi connectivity index (χ1) is 18.5. The molecule has 10 nitrogen and oxygen atoms in total. The van der Waals surface area contributed by atoms with Crippen LogP contribution in [0.1, 0.15) is 39.9 Å². The summed E-state index contributed by atoms with van der Waals surface area (Å²) >= 11 is 5.94. The molecule has 39 heavy (non-hydrogen) atoms. The number of Topliss-reactive ketones (excluding diaryl/α,β-unsaturated/α-hetero) is 2. The zero-order valence-electron chi connectivity index (χ0n) is 21.0. The number of benzene rings is 2. The summed E-state index contributed by atoms with van der Waals surface area (Å²) in [5.74, 6) is -6.45. The van der Waals surface area contributed by atoms with E-state index >= 15 is 0 Å². The summed E-state index contributed by atoms with van der Waals surface area (Å²) < 4.78 is 0. The summed E-state index contributed by atoms with van der Waals surface area (Å²) in [4.78, 5) is 38.7. The first-order valence-electron chi connectivity index (χ1n) is 12.5. The van der Waals surface area contributed by atoms with Gasteiger partial charge in [-0.2, -0.15) is 0 Å². The van der Waals surface area contributed by atoms with Crippen molar-refractivity contribution < 1.29 is 34.8 Å². The number of phenolic OH excluding ortho intramolecular Hbond substituents is 1. The van der Waals surface area contributed by atoms with E-state index < -0.39 is 52.0 Å². The normalized spacial score (nSPS) is 24.3. The topological polar surface area (TPSA) is 182 Å². The highest BCUT2D eigenvalue weighted by Crippen LogP contribution is 2.52. The van der Waals surface area contributed by atoms with Crippen molar-refractivity contribution in [1.82, 2.24) is 5.32 Å². The Labute approximate surface area is 228 Å². The molecule has 2 aromatic rings. The van der Waals surface area contributed by atoms with Crippen molar-refractivity contribution in [3.63, 3.8) is 0 Å². The van der Waals surface area contributed by atoms with Crippen LogP contribution >= 0.6 is 11.6 Å². The molecule has 1 amide bonds. The maximum atomic E-state index is 13.8. The number of carbonyl (C=O) groups excluding carboxylic acids is 3. The maximum absolute atomic E-state index is 13.8. The molecule has 0 saturated carbocycles. The number of phenols is 1. The highest BCUT2D eigenvalue weighted by molar-refractivity contribution is 6.30. The predicted molar refractivity (Wildman–Crippen MR) is 142 cm³/mol. The molecule has 0 fully saturated rings. The molecule has 0 bridgehead atoms. The average Bonchev–Trinajstić information content (AvgIpc) is 2.88. The van der Waals surface area contributed by atoms with Gasteiger partial charge < -0.3 is 36.8 Å². The largest absolute Gasteiger partial charge is 0.511 e. The number of rotatable bonds is 6. The standard InChI is InChI=1S/C28H28ClN3O7/c1-31-18-8-14(11-32-10-12-2-4-16(29)5-3-12)23(34)21-17(18)7-13-6-15-9-19(33)22(27(30)38)26(37)28(15,39)25(36)20(13)24(21)35/h2-5,8,13,15,31-34,36,39H,6-7,9-11H2,1H3,(H2,30,38)/t13?,15?,28-/m0/s1. The number of hydrogen-bond acceptors (Lipinski definition) is 9. The molecule has 11 heteroatoms. The van der Waals surface area contributed by atoms with Crippen LogP contribution in [0.3, 0.4) is 0 Å². The monoisotopic (exact) mass is 553 g/mol. The van der Waals surface area contributed by atoms with Gasteiger partial charge in [0.05, 0.1) is 5.56 Å². The molecule has 0 radical (unpaired) electrons. The second-order valence-electron chi connectivity index (χ2n) is 10.2. The molecule has 2 unspecified atom stereocenters. The fourth-order valence-corrected chi connectivity index (χ4v) is 6.17. The number of ketones is 2. The average molecular weight is 554 g/mol. The molecule has 0 aliphatic heterocycles. The molecule has 3 aliphatic carbocycles. The summed E-state index contributed by atoms with van der Waals surface area (Å²) in [6.45, 7) is 0.693. The van der Waals surface area contributed by atoms with Gasteiger partial charge in [0.15, 0.2) is 11.4 Å². The fourth-order valence-electron chi connectivity index (χ4n) is 6.04. The van der Waals surface area contributed by atoms with Gasteiger partial charge in [0, 0.05) is 54.3 Å². The van der Waals surface area contributed by atoms with Crippen molar-refractivity contribution in [2.45, 2.75) is 38.0 Å². The Hall–Kier alpha value is -3.86. The van der Waals surface area contributed by atoms with Crippen molar-refractivity contribution in [1.29, 1.82) is 0 Å². The summed E-state index contributed by atoms with van der Waals surface area (Å²) in [5, 5.41) is 51.0. The number of aliphatic hydroxyl groups is 3. The first-order valence-corrected chi connectivity index (χ1v) is 12.8. The Kier molecular flexibility index (Phi) is 6.66. The number of amides is 1. The van der Waals surface area contributed by atoms with Gasteiger partial charge in [-0.3, -0.25) is 14.4 Å². The van der Waals surface area contributed by atoms with E-state index in [0.717, 1.165) is 5.56 Å². The van der Waals surface area contributed by atoms with Crippen molar-refractivity contribution in [3.05, 3.63) is 80.3 Å². The lowest BCUT2D eigenvalue weighted by molar-refractivity contribution is -0.144. The van der Waals surface area contributed by atoms with Gasteiger partial charge in [0.2, 0.25) is 5.78 Å². The number of aliphatic hydroxyl groups excluding tert-OH is 2. The van der Waals surface area contributed by atoms with Gasteiger partial charge in [-0.25, -0.2) is 0 Å². The lowest BCUT2D eigenvalue weighted by Gasteiger charge is -2.45. The maximum Gasteiger partial charge on any atom is 0.255 e. The highest BCUT2D eigenvalue weighted by Gasteiger charge is 2.59. The summed E-state index contributed by atoms with van der Waals surface area (Å²) in [7, 11) is 1.69. The number of primary amides is 1. The second-order valence-corrected chi connectivity index (χ2v) is 10.6. The molecule has 2 aromatic carbocycles. The van der Waals surface area contributed by atoms with E-state index in [4.69, 9.17) is 17.3 Å². The second kappa shape index (κ2) is 9.71. The molecular formula is C28H28ClN3O7. The zero-order valence-corrected chi connectivity index (χ0v) is 21.8. The molecule has 0 spiro atoms. The number of nitrogens with two attached hydrogens (primary N) is 1. The third kappa shape index (κ3) is 4.15. The quantitative estimate of drug-likeness (QED) is 0.209. The Bertz CT molecular complexity index is 1480. The number of aromatic hydroxyl groups is 1. The highest BCUT2D eigenvalue weighted by atomic mass is 35.5. The van der Waals surface area contributed by atoms with Crippen molar-refractivity contribution in [2.75, 3.05) is 12.4 Å². The van der Waals surface area contributed by atoms with Crippen LogP contribution in [-0.4, -0.2) is 50.5 Å². The number of allylic oxidation sites excluding steroid dienone is 2. The van der Waals surface area contributed by atoms with E-state index in [9.17, 15) is 34.8 Å². The van der Waals surface area contributed by atoms with Gasteiger partial charge in [-0.15, -0.1) is 0 Å². The molecular weight excluding hydrogens is 526 g/mol. The number of hydrogen-bond donors (Lipinski definition) is 7. The van der Waals surface area contributed by atoms with Crippen molar-refractivity contribution in [2.24, 2.45) is 17.6 Å². The van der Waals surface area contributed by atoms with Gasteiger partial charge in [0.25, 0.3) is 5.91 Å². The van der Waals surface area contributed by atoms with Gasteiger partial charge in [-0.1, -0.05) is 23.7 Å². The molecule has 8 N–H and O–H groups in total. The zero-order chi connectivity index (χ0) is 28.2. The third-order valence-electron chi connectivity index (χ3n) is 7.97. The smallest absolute Gasteiger partial charge is 0.255 e. The first kappa shape index (κ1) is 26.7. The minimum Gasteiger partial charge on any atom is -0.511 e. The van der Waals surface area contributed by atoms with Crippen molar-refractivity contribution >= 4 is 34.8 Å². The Morgan fingerprint density at radius 3 is 2.46 bits per heavy atom. The van der Waals surface area contributed by atoms with Crippen LogP contribution in [0.4, 0.5) is 5.69 Å². The molecule has 204 valence electrons. The minimum atomic E-state index is -2.59. The number of anilines is 1. The summed E-state index contributed by atoms with van der Waals surface area (Å²) in [6, 6.07) is 9.03. The number of fused-ring (bicyclic) bond motifs is 3. The van der Waals surface area contributed by atoms with E-state index in [0.29, 0.717) is 28.4 Å². The lowest BCUT2D eigenvalue weighted by atomic mass is 9.60. The summed E-state index contributed by atoms with van der Waals surface area (Å²) in [5.41, 5.74) is 4.22. The number of carbonyl (C=O) groups is 3. The van der Waals surface area contributed by atoms with Crippen LogP contribution < -0.4 is 16.4 Å². The third-order valence-corrected chi connectivity index (χ3v) is 8.22. The predicted octanol–water partition coefficient (Wildman–Crippen LogP) is 2.57. The van der Waals surface area contributed by atoms with Crippen molar-refractivity contribution in [3.8, 4) is 5.75 Å². The summed E-state index contributed by atoms with van der Waals surface area (Å²) in [6.07, 6.45) is 0.0472. The van der Waals surface area contributed by atoms with Crippen LogP contribution in [-0.2, 0) is 29.1 Å². The van der Waals surface area contributed by atoms with E-state index in [1.54, 1.807) is 25.2 Å². The Balaban J connectivity index is 1.52. The van der Waals surface area contributed by atoms with Crippen LogP contribution in [0.25, 0.3) is 0 Å². The van der Waals surface area contributed by atoms with Crippen LogP contribution in [0.5, 0.6) is 5.75 Å². The number of halogens is 1. The van der Waals surface area contributed by atoms with Gasteiger partial charge in [-0.05, 0) is 48.1 Å². The van der Waals surface area contributed by atoms with E-state index in [1.165, 1.54) is 0 Å². The molecule has 0 heterocycles. The van der Waals surface area contributed by atoms with E-state index in [2.05, 4.69) is 10.6 Å². The molecule has 0 aromatic heterocycles. The SMILES string of the molecule is CNc1cc(CNCc2ccc(Cl)cc2)c(O)c2c1CC1CC3CC(O)=C(C(N)=O)C(=O)[C@@]3(O)C(O)=C1C2=O. The van der Waals surface area contributed by atoms with E-state index in [-0.39, 0.29) is 42.7 Å². The molecule has 3 atom stereocenters. The van der Waals surface area contributed by atoms with Gasteiger partial charge in [0.1, 0.15) is 22.8 Å². The van der Waals surface area contributed by atoms with Crippen LogP contribution in [0, 0.1) is 11.8 Å². The Morgan fingerprint density at radius 1 is 1.13 bits per heavy atom. The fraction of sp³-hybridized carbons (Fsp3) is 0.321. The molecule has 5 rings (SSSR count). The van der Waals surface area contributed by atoms with Crippen LogP contribution in [0.15, 0.2) is 53.0 Å². The molecule has 0 saturated heterocycles. The minimum absolute atomic E-state index is 0.0261. The lowest BCUT2D eigenvalue weighted by Crippen LogP contribution is -2.57. The van der Waals surface area contributed by atoms with E-state index in [1.807, 2.05) is 12.1 Å². The van der Waals surface area contributed by atoms with Crippen LogP contribution in [0.2, 0.25) is 5.02 Å². The Morgan fingerprint density at radius 2 is 1.82 bits per heavy atom. The molecule has 3 aliphatic rings. The number of nitrogens with one attached hydrogen (secondary N) is 2. The van der Waals surface area contributed by atoms with Gasteiger partial charge >= 0.3 is 0 Å².